The quantitative estimate of drug-likeness (QED) is 0.815. The molecule has 0 aliphatic rings. The van der Waals surface area contributed by atoms with Gasteiger partial charge in [0.05, 0.1) is 22.3 Å². The van der Waals surface area contributed by atoms with Crippen LogP contribution in [0, 0.1) is 5.92 Å². The normalized spacial score (nSPS) is 10.9. The van der Waals surface area contributed by atoms with Crippen molar-refractivity contribution < 1.29 is 4.74 Å². The Hall–Kier alpha value is -1.10. The van der Waals surface area contributed by atoms with Gasteiger partial charge < -0.3 is 10.5 Å². The molecule has 112 valence electrons. The van der Waals surface area contributed by atoms with Crippen LogP contribution in [-0.4, -0.2) is 11.6 Å². The second kappa shape index (κ2) is 7.25. The lowest BCUT2D eigenvalue weighted by Gasteiger charge is -2.11. The molecule has 0 saturated carbocycles. The van der Waals surface area contributed by atoms with E-state index in [1.54, 1.807) is 18.2 Å². The molecule has 6 heteroatoms. The molecule has 0 bridgehead atoms. The number of hydrogen-bond donors (Lipinski definition) is 1. The zero-order chi connectivity index (χ0) is 15.4. The molecule has 0 spiro atoms. The number of aromatic nitrogens is 1. The Labute approximate surface area is 138 Å². The molecule has 0 fully saturated rings. The molecule has 2 aromatic rings. The maximum absolute atomic E-state index is 6.01. The van der Waals surface area contributed by atoms with E-state index in [2.05, 4.69) is 18.8 Å². The molecule has 0 aliphatic heterocycles. The van der Waals surface area contributed by atoms with Crippen molar-refractivity contribution >= 4 is 40.7 Å². The lowest BCUT2D eigenvalue weighted by atomic mass is 10.2. The van der Waals surface area contributed by atoms with Gasteiger partial charge in [-0.3, -0.25) is 0 Å². The average Bonchev–Trinajstić information content (AvgIpc) is 2.43. The number of benzene rings is 1. The zero-order valence-electron chi connectivity index (χ0n) is 11.8. The van der Waals surface area contributed by atoms with Crippen LogP contribution >= 0.6 is 35.0 Å². The van der Waals surface area contributed by atoms with Gasteiger partial charge in [-0.05, 0) is 36.2 Å². The van der Waals surface area contributed by atoms with Crippen molar-refractivity contribution in [3.8, 4) is 5.88 Å². The summed E-state index contributed by atoms with van der Waals surface area (Å²) in [5, 5.41) is 1.85. The van der Waals surface area contributed by atoms with E-state index in [0.717, 1.165) is 9.92 Å². The number of halogens is 2. The van der Waals surface area contributed by atoms with Crippen molar-refractivity contribution in [2.45, 2.75) is 23.8 Å². The van der Waals surface area contributed by atoms with Crippen LogP contribution in [0.5, 0.6) is 5.88 Å². The van der Waals surface area contributed by atoms with Crippen LogP contribution in [0.1, 0.15) is 13.8 Å². The maximum atomic E-state index is 6.01. The van der Waals surface area contributed by atoms with Gasteiger partial charge >= 0.3 is 0 Å². The predicted molar refractivity (Wildman–Crippen MR) is 89.6 cm³/mol. The SMILES string of the molecule is CC(C)COc1nc(Sc2ccc(Cl)c(Cl)c2)ccc1N. The summed E-state index contributed by atoms with van der Waals surface area (Å²) in [6, 6.07) is 9.11. The second-order valence-electron chi connectivity index (χ2n) is 4.93. The zero-order valence-corrected chi connectivity index (χ0v) is 14.1. The molecule has 1 aromatic heterocycles. The van der Waals surface area contributed by atoms with Gasteiger partial charge in [-0.2, -0.15) is 0 Å². The van der Waals surface area contributed by atoms with Crippen molar-refractivity contribution in [2.75, 3.05) is 12.3 Å². The van der Waals surface area contributed by atoms with Crippen molar-refractivity contribution in [1.29, 1.82) is 0 Å². The summed E-state index contributed by atoms with van der Waals surface area (Å²) in [6.07, 6.45) is 0. The number of anilines is 1. The van der Waals surface area contributed by atoms with Gasteiger partial charge in [0.25, 0.3) is 0 Å². The fourth-order valence-corrected chi connectivity index (χ4v) is 2.70. The molecule has 2 rings (SSSR count). The molecular formula is C15H16Cl2N2OS. The van der Waals surface area contributed by atoms with Crippen molar-refractivity contribution in [1.82, 2.24) is 4.98 Å². The topological polar surface area (TPSA) is 48.1 Å². The van der Waals surface area contributed by atoms with Crippen LogP contribution in [0.2, 0.25) is 10.0 Å². The minimum Gasteiger partial charge on any atom is -0.476 e. The first-order valence-corrected chi connectivity index (χ1v) is 8.05. The first-order chi connectivity index (χ1) is 9.95. The van der Waals surface area contributed by atoms with Gasteiger partial charge in [0.2, 0.25) is 5.88 Å². The number of nitrogen functional groups attached to an aromatic ring is 1. The summed E-state index contributed by atoms with van der Waals surface area (Å²) in [7, 11) is 0. The van der Waals surface area contributed by atoms with Gasteiger partial charge in [0.15, 0.2) is 0 Å². The molecule has 1 heterocycles. The number of hydrogen-bond acceptors (Lipinski definition) is 4. The second-order valence-corrected chi connectivity index (χ2v) is 6.83. The molecule has 3 nitrogen and oxygen atoms in total. The van der Waals surface area contributed by atoms with E-state index in [9.17, 15) is 0 Å². The molecule has 21 heavy (non-hydrogen) atoms. The van der Waals surface area contributed by atoms with E-state index in [1.165, 1.54) is 11.8 Å². The minimum absolute atomic E-state index is 0.414. The van der Waals surface area contributed by atoms with Gasteiger partial charge in [0.1, 0.15) is 5.03 Å². The number of pyridine rings is 1. The largest absolute Gasteiger partial charge is 0.476 e. The monoisotopic (exact) mass is 342 g/mol. The molecule has 0 atom stereocenters. The number of nitrogens with zero attached hydrogens (tertiary/aromatic N) is 1. The number of ether oxygens (including phenoxy) is 1. The van der Waals surface area contributed by atoms with Gasteiger partial charge in [-0.1, -0.05) is 48.8 Å². The van der Waals surface area contributed by atoms with E-state index >= 15 is 0 Å². The smallest absolute Gasteiger partial charge is 0.238 e. The standard InChI is InChI=1S/C15H16Cl2N2OS/c1-9(2)8-20-15-13(18)5-6-14(19-15)21-10-3-4-11(16)12(17)7-10/h3-7,9H,8,18H2,1-2H3. The molecule has 2 N–H and O–H groups in total. The van der Waals surface area contributed by atoms with Crippen LogP contribution < -0.4 is 10.5 Å². The van der Waals surface area contributed by atoms with Crippen molar-refractivity contribution in [3.63, 3.8) is 0 Å². The third-order valence-corrected chi connectivity index (χ3v) is 4.20. The third kappa shape index (κ3) is 4.70. The molecular weight excluding hydrogens is 327 g/mol. The Morgan fingerprint density at radius 3 is 2.62 bits per heavy atom. The van der Waals surface area contributed by atoms with E-state index < -0.39 is 0 Å². The summed E-state index contributed by atoms with van der Waals surface area (Å²) in [5.74, 6) is 0.881. The number of nitrogens with two attached hydrogens (primary N) is 1. The molecule has 0 amide bonds. The van der Waals surface area contributed by atoms with Crippen molar-refractivity contribution in [2.24, 2.45) is 5.92 Å². The van der Waals surface area contributed by atoms with E-state index in [1.807, 2.05) is 12.1 Å². The van der Waals surface area contributed by atoms with Crippen LogP contribution in [0.25, 0.3) is 0 Å². The van der Waals surface area contributed by atoms with Crippen LogP contribution in [0.3, 0.4) is 0 Å². The first-order valence-electron chi connectivity index (χ1n) is 6.48. The fourth-order valence-electron chi connectivity index (χ4n) is 1.51. The van der Waals surface area contributed by atoms with E-state index in [0.29, 0.717) is 34.1 Å². The Morgan fingerprint density at radius 1 is 1.19 bits per heavy atom. The Morgan fingerprint density at radius 2 is 1.95 bits per heavy atom. The third-order valence-electron chi connectivity index (χ3n) is 2.53. The fraction of sp³-hybridized carbons (Fsp3) is 0.267. The molecule has 0 unspecified atom stereocenters. The first kappa shape index (κ1) is 16.3. The van der Waals surface area contributed by atoms with Gasteiger partial charge in [-0.15, -0.1) is 0 Å². The Balaban J connectivity index is 2.16. The highest BCUT2D eigenvalue weighted by Gasteiger charge is 2.08. The Kier molecular flexibility index (Phi) is 5.62. The molecule has 1 aromatic carbocycles. The molecule has 0 saturated heterocycles. The van der Waals surface area contributed by atoms with Crippen LogP contribution in [-0.2, 0) is 0 Å². The maximum Gasteiger partial charge on any atom is 0.238 e. The van der Waals surface area contributed by atoms with Gasteiger partial charge in [-0.25, -0.2) is 4.98 Å². The number of rotatable bonds is 5. The van der Waals surface area contributed by atoms with E-state index in [-0.39, 0.29) is 0 Å². The summed E-state index contributed by atoms with van der Waals surface area (Å²) >= 11 is 13.4. The molecule has 0 radical (unpaired) electrons. The summed E-state index contributed by atoms with van der Waals surface area (Å²) in [6.45, 7) is 4.73. The Bertz CT molecular complexity index is 635. The van der Waals surface area contributed by atoms with Crippen LogP contribution in [0.4, 0.5) is 5.69 Å². The summed E-state index contributed by atoms with van der Waals surface area (Å²) in [5.41, 5.74) is 6.41. The molecule has 0 aliphatic carbocycles. The lowest BCUT2D eigenvalue weighted by Crippen LogP contribution is -2.07. The van der Waals surface area contributed by atoms with Crippen molar-refractivity contribution in [3.05, 3.63) is 40.4 Å². The lowest BCUT2D eigenvalue weighted by molar-refractivity contribution is 0.261. The minimum atomic E-state index is 0.414. The highest BCUT2D eigenvalue weighted by Crippen LogP contribution is 2.33. The highest BCUT2D eigenvalue weighted by molar-refractivity contribution is 7.99. The highest BCUT2D eigenvalue weighted by atomic mass is 35.5. The van der Waals surface area contributed by atoms with Crippen LogP contribution in [0.15, 0.2) is 40.3 Å². The summed E-state index contributed by atoms with van der Waals surface area (Å²) < 4.78 is 5.62. The average molecular weight is 343 g/mol. The van der Waals surface area contributed by atoms with E-state index in [4.69, 9.17) is 33.7 Å². The predicted octanol–water partition coefficient (Wildman–Crippen LogP) is 5.16. The summed E-state index contributed by atoms with van der Waals surface area (Å²) in [4.78, 5) is 5.39. The van der Waals surface area contributed by atoms with Gasteiger partial charge in [0, 0.05) is 4.90 Å².